The van der Waals surface area contributed by atoms with Crippen LogP contribution in [0.25, 0.3) is 10.2 Å². The molecule has 0 atom stereocenters. The lowest BCUT2D eigenvalue weighted by Crippen LogP contribution is -2.48. The number of benzene rings is 2. The Labute approximate surface area is 179 Å². The van der Waals surface area contributed by atoms with Gasteiger partial charge in [-0.1, -0.05) is 23.7 Å². The first-order valence-corrected chi connectivity index (χ1v) is 10.7. The first-order valence-electron chi connectivity index (χ1n) is 9.53. The van der Waals surface area contributed by atoms with Crippen LogP contribution in [0.1, 0.15) is 5.01 Å². The minimum Gasteiger partial charge on any atom is -0.495 e. The van der Waals surface area contributed by atoms with Crippen molar-refractivity contribution < 1.29 is 9.53 Å². The van der Waals surface area contributed by atoms with Crippen LogP contribution >= 0.6 is 22.9 Å². The van der Waals surface area contributed by atoms with Crippen molar-refractivity contribution in [2.75, 3.05) is 45.2 Å². The third kappa shape index (κ3) is 5.05. The summed E-state index contributed by atoms with van der Waals surface area (Å²) in [4.78, 5) is 21.7. The minimum atomic E-state index is -0.0362. The second-order valence-corrected chi connectivity index (χ2v) is 8.55. The molecule has 29 heavy (non-hydrogen) atoms. The molecule has 3 aromatic rings. The number of fused-ring (bicyclic) bond motifs is 1. The second-order valence-electron chi connectivity index (χ2n) is 7.03. The summed E-state index contributed by atoms with van der Waals surface area (Å²) < 4.78 is 6.37. The molecule has 4 rings (SSSR count). The summed E-state index contributed by atoms with van der Waals surface area (Å²) in [5.74, 6) is 0.555. The average Bonchev–Trinajstić information content (AvgIpc) is 3.12. The molecule has 1 aliphatic heterocycles. The lowest BCUT2D eigenvalue weighted by molar-refractivity contribution is -0.117. The zero-order valence-electron chi connectivity index (χ0n) is 16.2. The maximum atomic E-state index is 12.4. The molecule has 1 N–H and O–H groups in total. The number of ether oxygens (including phenoxy) is 1. The molecule has 0 bridgehead atoms. The smallest absolute Gasteiger partial charge is 0.238 e. The predicted octanol–water partition coefficient (Wildman–Crippen LogP) is 3.71. The van der Waals surface area contributed by atoms with Gasteiger partial charge in [0.1, 0.15) is 10.8 Å². The Morgan fingerprint density at radius 2 is 1.93 bits per heavy atom. The number of halogens is 1. The molecule has 2 aromatic carbocycles. The molecule has 0 aliphatic carbocycles. The fourth-order valence-electron chi connectivity index (χ4n) is 3.43. The van der Waals surface area contributed by atoms with E-state index < -0.39 is 0 Å². The molecule has 6 nitrogen and oxygen atoms in total. The van der Waals surface area contributed by atoms with Gasteiger partial charge in [0.05, 0.1) is 35.4 Å². The number of amides is 1. The van der Waals surface area contributed by atoms with Crippen LogP contribution < -0.4 is 10.1 Å². The molecule has 1 aromatic heterocycles. The van der Waals surface area contributed by atoms with E-state index in [0.29, 0.717) is 23.0 Å². The summed E-state index contributed by atoms with van der Waals surface area (Å²) in [6.07, 6.45) is 0. The standard InChI is InChI=1S/C21H23ClN4O2S/c1-28-18-7-6-15(12-16(18)22)23-20(27)13-25-8-10-26(11-9-25)14-21-24-17-4-2-3-5-19(17)29-21/h2-7,12H,8-11,13-14H2,1H3,(H,23,27). The molecule has 0 spiro atoms. The van der Waals surface area contributed by atoms with E-state index >= 15 is 0 Å². The number of para-hydroxylation sites is 1. The fraction of sp³-hybridized carbons (Fsp3) is 0.333. The van der Waals surface area contributed by atoms with Gasteiger partial charge in [0.2, 0.25) is 5.91 Å². The first-order chi connectivity index (χ1) is 14.1. The van der Waals surface area contributed by atoms with Gasteiger partial charge in [-0.25, -0.2) is 4.98 Å². The normalized spacial score (nSPS) is 15.5. The highest BCUT2D eigenvalue weighted by Crippen LogP contribution is 2.27. The number of carbonyl (C=O) groups is 1. The SMILES string of the molecule is COc1ccc(NC(=O)CN2CCN(Cc3nc4ccccc4s3)CC2)cc1Cl. The highest BCUT2D eigenvalue weighted by Gasteiger charge is 2.20. The average molecular weight is 431 g/mol. The zero-order valence-corrected chi connectivity index (χ0v) is 17.8. The van der Waals surface area contributed by atoms with Crippen LogP contribution in [0, 0.1) is 0 Å². The summed E-state index contributed by atoms with van der Waals surface area (Å²) in [7, 11) is 1.57. The van der Waals surface area contributed by atoms with Crippen molar-refractivity contribution in [1.82, 2.24) is 14.8 Å². The van der Waals surface area contributed by atoms with Crippen molar-refractivity contribution in [3.63, 3.8) is 0 Å². The van der Waals surface area contributed by atoms with Crippen molar-refractivity contribution in [2.45, 2.75) is 6.54 Å². The number of aromatic nitrogens is 1. The van der Waals surface area contributed by atoms with Crippen LogP contribution in [0.15, 0.2) is 42.5 Å². The van der Waals surface area contributed by atoms with Crippen molar-refractivity contribution in [3.05, 3.63) is 52.5 Å². The Hall–Kier alpha value is -2.19. The summed E-state index contributed by atoms with van der Waals surface area (Å²) >= 11 is 7.87. The van der Waals surface area contributed by atoms with Crippen LogP contribution in [-0.4, -0.2) is 60.5 Å². The molecule has 1 aliphatic rings. The fourth-order valence-corrected chi connectivity index (χ4v) is 4.70. The lowest BCUT2D eigenvalue weighted by atomic mass is 10.3. The van der Waals surface area contributed by atoms with E-state index in [2.05, 4.69) is 27.2 Å². The van der Waals surface area contributed by atoms with E-state index in [-0.39, 0.29) is 5.91 Å². The quantitative estimate of drug-likeness (QED) is 0.646. The van der Waals surface area contributed by atoms with E-state index in [1.165, 1.54) is 4.70 Å². The van der Waals surface area contributed by atoms with Gasteiger partial charge in [-0.3, -0.25) is 14.6 Å². The van der Waals surface area contributed by atoms with Crippen molar-refractivity contribution in [3.8, 4) is 5.75 Å². The molecule has 152 valence electrons. The number of piperazine rings is 1. The molecule has 0 saturated carbocycles. The topological polar surface area (TPSA) is 57.7 Å². The molecule has 1 saturated heterocycles. The van der Waals surface area contributed by atoms with E-state index in [1.807, 2.05) is 12.1 Å². The summed E-state index contributed by atoms with van der Waals surface area (Å²) in [5, 5.41) is 4.53. The van der Waals surface area contributed by atoms with Gasteiger partial charge in [-0.15, -0.1) is 11.3 Å². The van der Waals surface area contributed by atoms with Gasteiger partial charge < -0.3 is 10.1 Å². The van der Waals surface area contributed by atoms with Crippen molar-refractivity contribution >= 4 is 44.7 Å². The number of nitrogens with one attached hydrogen (secondary N) is 1. The zero-order chi connectivity index (χ0) is 20.2. The Bertz CT molecular complexity index is 968. The number of rotatable bonds is 6. The molecule has 1 fully saturated rings. The van der Waals surface area contributed by atoms with Gasteiger partial charge >= 0.3 is 0 Å². The number of thiazole rings is 1. The first kappa shape index (κ1) is 20.1. The van der Waals surface area contributed by atoms with Crippen LogP contribution in [0.2, 0.25) is 5.02 Å². The Balaban J connectivity index is 1.25. The van der Waals surface area contributed by atoms with E-state index in [0.717, 1.165) is 43.2 Å². The molecule has 1 amide bonds. The monoisotopic (exact) mass is 430 g/mol. The van der Waals surface area contributed by atoms with E-state index in [1.54, 1.807) is 36.6 Å². The Kier molecular flexibility index (Phi) is 6.30. The summed E-state index contributed by atoms with van der Waals surface area (Å²) in [6, 6.07) is 13.5. The number of methoxy groups -OCH3 is 1. The van der Waals surface area contributed by atoms with Gasteiger partial charge in [0.15, 0.2) is 0 Å². The third-order valence-corrected chi connectivity index (χ3v) is 6.28. The number of nitrogens with zero attached hydrogens (tertiary/aromatic N) is 3. The third-order valence-electron chi connectivity index (χ3n) is 4.96. The number of anilines is 1. The van der Waals surface area contributed by atoms with Crippen LogP contribution in [0.3, 0.4) is 0 Å². The summed E-state index contributed by atoms with van der Waals surface area (Å²) in [5.41, 5.74) is 1.75. The molecule has 0 unspecified atom stereocenters. The van der Waals surface area contributed by atoms with Crippen LogP contribution in [-0.2, 0) is 11.3 Å². The van der Waals surface area contributed by atoms with Gasteiger partial charge in [0, 0.05) is 31.9 Å². The molecular weight excluding hydrogens is 408 g/mol. The molecular formula is C21H23ClN4O2S. The largest absolute Gasteiger partial charge is 0.495 e. The van der Waals surface area contributed by atoms with Gasteiger partial charge in [-0.05, 0) is 30.3 Å². The number of carbonyl (C=O) groups excluding carboxylic acids is 1. The minimum absolute atomic E-state index is 0.0362. The van der Waals surface area contributed by atoms with Crippen LogP contribution in [0.5, 0.6) is 5.75 Å². The molecule has 2 heterocycles. The Morgan fingerprint density at radius 3 is 2.66 bits per heavy atom. The van der Waals surface area contributed by atoms with Gasteiger partial charge in [-0.2, -0.15) is 0 Å². The molecule has 0 radical (unpaired) electrons. The number of hydrogen-bond acceptors (Lipinski definition) is 6. The lowest BCUT2D eigenvalue weighted by Gasteiger charge is -2.33. The second kappa shape index (κ2) is 9.09. The van der Waals surface area contributed by atoms with Crippen molar-refractivity contribution in [2.24, 2.45) is 0 Å². The van der Waals surface area contributed by atoms with Gasteiger partial charge in [0.25, 0.3) is 0 Å². The van der Waals surface area contributed by atoms with E-state index in [4.69, 9.17) is 21.3 Å². The van der Waals surface area contributed by atoms with E-state index in [9.17, 15) is 4.79 Å². The Morgan fingerprint density at radius 1 is 1.17 bits per heavy atom. The van der Waals surface area contributed by atoms with Crippen LogP contribution in [0.4, 0.5) is 5.69 Å². The maximum Gasteiger partial charge on any atom is 0.238 e. The predicted molar refractivity (Wildman–Crippen MR) is 118 cm³/mol. The summed E-state index contributed by atoms with van der Waals surface area (Å²) in [6.45, 7) is 4.82. The molecule has 8 heteroatoms. The number of hydrogen-bond donors (Lipinski definition) is 1. The van der Waals surface area contributed by atoms with Crippen molar-refractivity contribution in [1.29, 1.82) is 0 Å². The maximum absolute atomic E-state index is 12.4. The highest BCUT2D eigenvalue weighted by atomic mass is 35.5. The highest BCUT2D eigenvalue weighted by molar-refractivity contribution is 7.18.